The first-order valence-electron chi connectivity index (χ1n) is 6.53. The Bertz CT molecular complexity index is 710. The van der Waals surface area contributed by atoms with E-state index >= 15 is 0 Å². The van der Waals surface area contributed by atoms with Crippen molar-refractivity contribution in [1.29, 1.82) is 0 Å². The molecule has 21 heavy (non-hydrogen) atoms. The fraction of sp³-hybridized carbons (Fsp3) is 0.400. The monoisotopic (exact) mass is 290 g/mol. The van der Waals surface area contributed by atoms with Gasteiger partial charge in [0.1, 0.15) is 11.3 Å². The summed E-state index contributed by atoms with van der Waals surface area (Å²) in [6.07, 6.45) is -0.656. The molecule has 6 nitrogen and oxygen atoms in total. The molecule has 0 bridgehead atoms. The van der Waals surface area contributed by atoms with Gasteiger partial charge in [-0.05, 0) is 45.9 Å². The number of carbonyl (C=O) groups excluding carboxylic acids is 2. The molecule has 112 valence electrons. The van der Waals surface area contributed by atoms with Crippen molar-refractivity contribution < 1.29 is 19.1 Å². The van der Waals surface area contributed by atoms with Crippen LogP contribution in [0.5, 0.6) is 0 Å². The first-order chi connectivity index (χ1) is 9.73. The van der Waals surface area contributed by atoms with Crippen molar-refractivity contribution in [3.63, 3.8) is 0 Å². The van der Waals surface area contributed by atoms with E-state index in [1.807, 2.05) is 13.0 Å². The maximum atomic E-state index is 12.4. The van der Waals surface area contributed by atoms with E-state index in [1.165, 1.54) is 7.11 Å². The molecular formula is C15H18N2O4. The number of fused-ring (bicyclic) bond motifs is 1. The van der Waals surface area contributed by atoms with E-state index in [0.717, 1.165) is 10.3 Å². The van der Waals surface area contributed by atoms with Gasteiger partial charge >= 0.3 is 12.1 Å². The molecule has 0 saturated carbocycles. The van der Waals surface area contributed by atoms with Crippen LogP contribution < -0.4 is 0 Å². The zero-order valence-corrected chi connectivity index (χ0v) is 12.8. The van der Waals surface area contributed by atoms with E-state index in [0.29, 0.717) is 11.0 Å². The van der Waals surface area contributed by atoms with E-state index in [2.05, 4.69) is 4.98 Å². The molecule has 0 fully saturated rings. The summed E-state index contributed by atoms with van der Waals surface area (Å²) in [5, 5.41) is 0.673. The zero-order valence-electron chi connectivity index (χ0n) is 12.8. The van der Waals surface area contributed by atoms with Crippen molar-refractivity contribution in [2.24, 2.45) is 0 Å². The number of ether oxygens (including phenoxy) is 2. The average Bonchev–Trinajstić information content (AvgIpc) is 2.74. The predicted molar refractivity (Wildman–Crippen MR) is 77.4 cm³/mol. The summed E-state index contributed by atoms with van der Waals surface area (Å²) in [7, 11) is 1.26. The van der Waals surface area contributed by atoms with Crippen LogP contribution in [-0.2, 0) is 9.47 Å². The molecule has 2 aromatic heterocycles. The van der Waals surface area contributed by atoms with Gasteiger partial charge in [-0.1, -0.05) is 0 Å². The highest BCUT2D eigenvalue weighted by Crippen LogP contribution is 2.21. The Kier molecular flexibility index (Phi) is 3.72. The quantitative estimate of drug-likeness (QED) is 0.755. The highest BCUT2D eigenvalue weighted by molar-refractivity contribution is 6.00. The summed E-state index contributed by atoms with van der Waals surface area (Å²) in [6, 6.07) is 5.17. The maximum absolute atomic E-state index is 12.4. The van der Waals surface area contributed by atoms with Crippen LogP contribution in [-0.4, -0.2) is 34.3 Å². The number of hydrogen-bond acceptors (Lipinski definition) is 5. The number of esters is 1. The lowest BCUT2D eigenvalue weighted by Crippen LogP contribution is -2.29. The zero-order chi connectivity index (χ0) is 15.8. The molecule has 2 aromatic rings. The van der Waals surface area contributed by atoms with E-state index < -0.39 is 17.7 Å². The second kappa shape index (κ2) is 5.20. The van der Waals surface area contributed by atoms with Crippen LogP contribution >= 0.6 is 0 Å². The molecule has 2 heterocycles. The van der Waals surface area contributed by atoms with Crippen molar-refractivity contribution in [1.82, 2.24) is 9.55 Å². The standard InChI is InChI=1S/C15H18N2O4/c1-9-6-7-10-8-11(13(18)20-5)17(12(10)16-9)14(19)21-15(2,3)4/h6-8H,1-5H3. The first-order valence-corrected chi connectivity index (χ1v) is 6.53. The minimum Gasteiger partial charge on any atom is -0.464 e. The van der Waals surface area contributed by atoms with Crippen LogP contribution in [0.2, 0.25) is 0 Å². The first kappa shape index (κ1) is 15.0. The lowest BCUT2D eigenvalue weighted by molar-refractivity contribution is 0.0489. The normalized spacial score (nSPS) is 11.5. The molecular weight excluding hydrogens is 272 g/mol. The molecule has 0 radical (unpaired) electrons. The van der Waals surface area contributed by atoms with Crippen LogP contribution in [0, 0.1) is 6.92 Å². The number of nitrogens with zero attached hydrogens (tertiary/aromatic N) is 2. The Morgan fingerprint density at radius 1 is 1.24 bits per heavy atom. The number of carbonyl (C=O) groups is 2. The smallest absolute Gasteiger partial charge is 0.420 e. The molecule has 0 saturated heterocycles. The van der Waals surface area contributed by atoms with Gasteiger partial charge in [0.05, 0.1) is 7.11 Å². The summed E-state index contributed by atoms with van der Waals surface area (Å²) in [4.78, 5) is 28.6. The molecule has 0 spiro atoms. The summed E-state index contributed by atoms with van der Waals surface area (Å²) in [6.45, 7) is 7.08. The third-order valence-corrected chi connectivity index (χ3v) is 2.76. The van der Waals surface area contributed by atoms with Gasteiger partial charge in [0.15, 0.2) is 5.65 Å². The molecule has 0 aliphatic heterocycles. The Hall–Kier alpha value is -2.37. The van der Waals surface area contributed by atoms with Gasteiger partial charge in [0, 0.05) is 11.1 Å². The van der Waals surface area contributed by atoms with Crippen LogP contribution in [0.4, 0.5) is 4.79 Å². The van der Waals surface area contributed by atoms with Gasteiger partial charge in [0.2, 0.25) is 0 Å². The minimum absolute atomic E-state index is 0.0971. The van der Waals surface area contributed by atoms with Crippen molar-refractivity contribution >= 4 is 23.1 Å². The van der Waals surface area contributed by atoms with Crippen LogP contribution in [0.15, 0.2) is 18.2 Å². The fourth-order valence-electron chi connectivity index (χ4n) is 1.92. The van der Waals surface area contributed by atoms with Crippen LogP contribution in [0.1, 0.15) is 37.0 Å². The molecule has 0 atom stereocenters. The Morgan fingerprint density at radius 2 is 1.90 bits per heavy atom. The lowest BCUT2D eigenvalue weighted by atomic mass is 10.2. The molecule has 2 rings (SSSR count). The predicted octanol–water partition coefficient (Wildman–Crippen LogP) is 2.91. The summed E-state index contributed by atoms with van der Waals surface area (Å²) >= 11 is 0. The Labute approximate surface area is 122 Å². The average molecular weight is 290 g/mol. The van der Waals surface area contributed by atoms with E-state index in [1.54, 1.807) is 32.9 Å². The van der Waals surface area contributed by atoms with E-state index in [9.17, 15) is 9.59 Å². The molecule has 0 unspecified atom stereocenters. The number of aromatic nitrogens is 2. The van der Waals surface area contributed by atoms with E-state index in [4.69, 9.17) is 9.47 Å². The number of aryl methyl sites for hydroxylation is 1. The largest absolute Gasteiger partial charge is 0.464 e. The van der Waals surface area contributed by atoms with Crippen molar-refractivity contribution in [2.75, 3.05) is 7.11 Å². The van der Waals surface area contributed by atoms with Gasteiger partial charge < -0.3 is 9.47 Å². The fourth-order valence-corrected chi connectivity index (χ4v) is 1.92. The molecule has 0 aromatic carbocycles. The third-order valence-electron chi connectivity index (χ3n) is 2.76. The van der Waals surface area contributed by atoms with Gasteiger partial charge in [-0.25, -0.2) is 19.1 Å². The highest BCUT2D eigenvalue weighted by atomic mass is 16.6. The van der Waals surface area contributed by atoms with Gasteiger partial charge in [-0.3, -0.25) is 0 Å². The summed E-state index contributed by atoms with van der Waals surface area (Å²) in [5.74, 6) is -0.614. The molecule has 0 amide bonds. The lowest BCUT2D eigenvalue weighted by Gasteiger charge is -2.20. The van der Waals surface area contributed by atoms with Crippen molar-refractivity contribution in [3.05, 3.63) is 29.6 Å². The Balaban J connectivity index is 2.65. The minimum atomic E-state index is -0.676. The van der Waals surface area contributed by atoms with E-state index in [-0.39, 0.29) is 5.69 Å². The summed E-state index contributed by atoms with van der Waals surface area (Å²) < 4.78 is 11.2. The number of hydrogen-bond donors (Lipinski definition) is 0. The number of pyridine rings is 1. The van der Waals surface area contributed by atoms with Gasteiger partial charge in [-0.15, -0.1) is 0 Å². The highest BCUT2D eigenvalue weighted by Gasteiger charge is 2.26. The summed E-state index contributed by atoms with van der Waals surface area (Å²) in [5.41, 5.74) is 0.538. The number of methoxy groups -OCH3 is 1. The molecule has 0 aliphatic carbocycles. The maximum Gasteiger partial charge on any atom is 0.420 e. The van der Waals surface area contributed by atoms with Gasteiger partial charge in [-0.2, -0.15) is 0 Å². The molecule has 0 N–H and O–H groups in total. The van der Waals surface area contributed by atoms with Crippen molar-refractivity contribution in [3.8, 4) is 0 Å². The topological polar surface area (TPSA) is 70.4 Å². The molecule has 0 aliphatic rings. The molecule has 6 heteroatoms. The second-order valence-corrected chi connectivity index (χ2v) is 5.70. The SMILES string of the molecule is COC(=O)c1cc2ccc(C)nc2n1C(=O)OC(C)(C)C. The number of rotatable bonds is 1. The van der Waals surface area contributed by atoms with Crippen LogP contribution in [0.3, 0.4) is 0 Å². The van der Waals surface area contributed by atoms with Crippen molar-refractivity contribution in [2.45, 2.75) is 33.3 Å². The third kappa shape index (κ3) is 3.04. The van der Waals surface area contributed by atoms with Crippen LogP contribution in [0.25, 0.3) is 11.0 Å². The van der Waals surface area contributed by atoms with Gasteiger partial charge in [0.25, 0.3) is 0 Å². The Morgan fingerprint density at radius 3 is 2.48 bits per heavy atom. The second-order valence-electron chi connectivity index (χ2n) is 5.70.